The number of para-hydroxylation sites is 1. The van der Waals surface area contributed by atoms with Crippen LogP contribution in [0.2, 0.25) is 0 Å². The summed E-state index contributed by atoms with van der Waals surface area (Å²) < 4.78 is 27.7. The molecule has 7 heteroatoms. The Hall–Kier alpha value is -3.42. The zero-order valence-corrected chi connectivity index (χ0v) is 19.8. The Labute approximate surface area is 200 Å². The van der Waals surface area contributed by atoms with Crippen LogP contribution in [0.25, 0.3) is 0 Å². The number of aliphatic hydroxyl groups excluding tert-OH is 1. The lowest BCUT2D eigenvalue weighted by Gasteiger charge is -2.26. The van der Waals surface area contributed by atoms with Crippen LogP contribution in [0.4, 0.5) is 0 Å². The Balaban J connectivity index is 1.48. The van der Waals surface area contributed by atoms with Gasteiger partial charge < -0.3 is 28.8 Å². The highest BCUT2D eigenvalue weighted by molar-refractivity contribution is 5.45. The first-order valence-corrected chi connectivity index (χ1v) is 11.2. The third-order valence-corrected chi connectivity index (χ3v) is 5.69. The molecule has 1 unspecified atom stereocenters. The molecule has 0 bridgehead atoms. The average Bonchev–Trinajstić information content (AvgIpc) is 3.31. The molecule has 0 aromatic heterocycles. The molecule has 0 amide bonds. The Morgan fingerprint density at radius 1 is 0.853 bits per heavy atom. The highest BCUT2D eigenvalue weighted by atomic mass is 16.7. The molecule has 0 fully saturated rings. The van der Waals surface area contributed by atoms with Crippen LogP contribution in [0, 0.1) is 6.92 Å². The number of fused-ring (bicyclic) bond motifs is 1. The number of rotatable bonds is 11. The first kappa shape index (κ1) is 23.7. The third-order valence-electron chi connectivity index (χ3n) is 5.69. The van der Waals surface area contributed by atoms with Gasteiger partial charge in [0.05, 0.1) is 14.2 Å². The molecule has 1 aliphatic rings. The molecule has 1 N–H and O–H groups in total. The van der Waals surface area contributed by atoms with Crippen molar-refractivity contribution in [2.75, 3.05) is 34.2 Å². The van der Waals surface area contributed by atoms with E-state index in [1.807, 2.05) is 67.6 Å². The molecule has 180 valence electrons. The van der Waals surface area contributed by atoms with Crippen molar-refractivity contribution in [1.82, 2.24) is 4.90 Å². The van der Waals surface area contributed by atoms with E-state index in [2.05, 4.69) is 4.90 Å². The number of aliphatic hydroxyl groups is 1. The summed E-state index contributed by atoms with van der Waals surface area (Å²) in [5.41, 5.74) is 3.15. The Kier molecular flexibility index (Phi) is 7.77. The maximum absolute atomic E-state index is 10.8. The Morgan fingerprint density at radius 2 is 1.56 bits per heavy atom. The minimum atomic E-state index is -0.672. The zero-order chi connectivity index (χ0) is 23.9. The zero-order valence-electron chi connectivity index (χ0n) is 19.8. The summed E-state index contributed by atoms with van der Waals surface area (Å²) in [4.78, 5) is 2.17. The van der Waals surface area contributed by atoms with Crippen molar-refractivity contribution in [2.45, 2.75) is 26.1 Å². The number of hydrogen-bond donors (Lipinski definition) is 1. The summed E-state index contributed by atoms with van der Waals surface area (Å²) in [7, 11) is 3.24. The number of aryl methyl sites for hydroxylation is 1. The molecule has 3 aromatic carbocycles. The first-order valence-electron chi connectivity index (χ1n) is 11.2. The van der Waals surface area contributed by atoms with E-state index in [1.54, 1.807) is 14.2 Å². The SMILES string of the molecule is COc1ccc(CN(Cc2ccc3c(c2)OCO3)CC(O)COc2ccccc2C)cc1OC. The van der Waals surface area contributed by atoms with Gasteiger partial charge >= 0.3 is 0 Å². The maximum Gasteiger partial charge on any atom is 0.231 e. The standard InChI is InChI=1S/C27H31NO6/c1-19-6-4-5-7-23(19)32-17-22(29)16-28(14-20-8-10-24(30-2)26(12-20)31-3)15-21-9-11-25-27(13-21)34-18-33-25/h4-13,22,29H,14-18H2,1-3H3. The monoisotopic (exact) mass is 465 g/mol. The molecule has 1 atom stereocenters. The molecular weight excluding hydrogens is 434 g/mol. The second-order valence-corrected chi connectivity index (χ2v) is 8.28. The largest absolute Gasteiger partial charge is 0.493 e. The molecule has 0 saturated heterocycles. The molecule has 0 saturated carbocycles. The van der Waals surface area contributed by atoms with E-state index < -0.39 is 6.10 Å². The predicted molar refractivity (Wildman–Crippen MR) is 129 cm³/mol. The summed E-state index contributed by atoms with van der Waals surface area (Å²) in [5, 5.41) is 10.8. The van der Waals surface area contributed by atoms with Gasteiger partial charge in [0, 0.05) is 19.6 Å². The van der Waals surface area contributed by atoms with Gasteiger partial charge in [0.1, 0.15) is 18.5 Å². The Morgan fingerprint density at radius 3 is 2.32 bits per heavy atom. The predicted octanol–water partition coefficient (Wildman–Crippen LogP) is 4.18. The van der Waals surface area contributed by atoms with Crippen LogP contribution in [0.1, 0.15) is 16.7 Å². The number of benzene rings is 3. The van der Waals surface area contributed by atoms with Gasteiger partial charge in [0.2, 0.25) is 6.79 Å². The third kappa shape index (κ3) is 5.92. The Bertz CT molecular complexity index is 1100. The van der Waals surface area contributed by atoms with Gasteiger partial charge in [-0.2, -0.15) is 0 Å². The fourth-order valence-electron chi connectivity index (χ4n) is 3.97. The topological polar surface area (TPSA) is 69.6 Å². The van der Waals surface area contributed by atoms with Crippen molar-refractivity contribution in [1.29, 1.82) is 0 Å². The number of hydrogen-bond acceptors (Lipinski definition) is 7. The lowest BCUT2D eigenvalue weighted by molar-refractivity contribution is 0.0626. The van der Waals surface area contributed by atoms with Crippen LogP contribution in [0.15, 0.2) is 60.7 Å². The van der Waals surface area contributed by atoms with Gasteiger partial charge in [0.15, 0.2) is 23.0 Å². The fraction of sp³-hybridized carbons (Fsp3) is 0.333. The van der Waals surface area contributed by atoms with E-state index in [-0.39, 0.29) is 13.4 Å². The van der Waals surface area contributed by atoms with Crippen molar-refractivity contribution in [3.63, 3.8) is 0 Å². The minimum Gasteiger partial charge on any atom is -0.493 e. The van der Waals surface area contributed by atoms with Gasteiger partial charge in [-0.3, -0.25) is 4.90 Å². The molecule has 0 spiro atoms. The lowest BCUT2D eigenvalue weighted by atomic mass is 10.1. The lowest BCUT2D eigenvalue weighted by Crippen LogP contribution is -2.35. The van der Waals surface area contributed by atoms with E-state index in [0.29, 0.717) is 31.1 Å². The quantitative estimate of drug-likeness (QED) is 0.456. The van der Waals surface area contributed by atoms with E-state index in [1.165, 1.54) is 0 Å². The number of ether oxygens (including phenoxy) is 5. The highest BCUT2D eigenvalue weighted by Gasteiger charge is 2.18. The van der Waals surface area contributed by atoms with Crippen molar-refractivity contribution in [3.8, 4) is 28.7 Å². The molecule has 0 radical (unpaired) electrons. The average molecular weight is 466 g/mol. The van der Waals surface area contributed by atoms with Crippen molar-refractivity contribution >= 4 is 0 Å². The van der Waals surface area contributed by atoms with Gasteiger partial charge in [-0.1, -0.05) is 30.3 Å². The highest BCUT2D eigenvalue weighted by Crippen LogP contribution is 2.33. The van der Waals surface area contributed by atoms with Crippen molar-refractivity contribution in [3.05, 3.63) is 77.4 Å². The maximum atomic E-state index is 10.8. The summed E-state index contributed by atoms with van der Waals surface area (Å²) in [5.74, 6) is 3.63. The first-order chi connectivity index (χ1) is 16.6. The van der Waals surface area contributed by atoms with E-state index >= 15 is 0 Å². The smallest absolute Gasteiger partial charge is 0.231 e. The van der Waals surface area contributed by atoms with Crippen LogP contribution < -0.4 is 23.7 Å². The van der Waals surface area contributed by atoms with Crippen LogP contribution in [0.5, 0.6) is 28.7 Å². The fourth-order valence-corrected chi connectivity index (χ4v) is 3.97. The molecule has 4 rings (SSSR count). The molecule has 1 heterocycles. The molecule has 7 nitrogen and oxygen atoms in total. The van der Waals surface area contributed by atoms with E-state index in [0.717, 1.165) is 33.9 Å². The van der Waals surface area contributed by atoms with Crippen LogP contribution in [-0.4, -0.2) is 50.3 Å². The van der Waals surface area contributed by atoms with Crippen LogP contribution in [0.3, 0.4) is 0 Å². The molecule has 34 heavy (non-hydrogen) atoms. The molecular formula is C27H31NO6. The summed E-state index contributed by atoms with van der Waals surface area (Å²) >= 11 is 0. The minimum absolute atomic E-state index is 0.203. The summed E-state index contributed by atoms with van der Waals surface area (Å²) in [6, 6.07) is 19.6. The second-order valence-electron chi connectivity index (χ2n) is 8.28. The summed E-state index contributed by atoms with van der Waals surface area (Å²) in [6.45, 7) is 4.08. The number of methoxy groups -OCH3 is 2. The van der Waals surface area contributed by atoms with Crippen LogP contribution in [-0.2, 0) is 13.1 Å². The van der Waals surface area contributed by atoms with Gasteiger partial charge in [-0.25, -0.2) is 0 Å². The molecule has 1 aliphatic heterocycles. The van der Waals surface area contributed by atoms with Crippen molar-refractivity contribution in [2.24, 2.45) is 0 Å². The van der Waals surface area contributed by atoms with E-state index in [4.69, 9.17) is 23.7 Å². The van der Waals surface area contributed by atoms with Gasteiger partial charge in [0.25, 0.3) is 0 Å². The van der Waals surface area contributed by atoms with E-state index in [9.17, 15) is 5.11 Å². The normalized spacial score (nSPS) is 13.1. The second kappa shape index (κ2) is 11.1. The summed E-state index contributed by atoms with van der Waals surface area (Å²) in [6.07, 6.45) is -0.672. The molecule has 0 aliphatic carbocycles. The number of nitrogens with zero attached hydrogens (tertiary/aromatic N) is 1. The van der Waals surface area contributed by atoms with Gasteiger partial charge in [-0.15, -0.1) is 0 Å². The molecule has 3 aromatic rings. The van der Waals surface area contributed by atoms with Gasteiger partial charge in [-0.05, 0) is 53.9 Å². The van der Waals surface area contributed by atoms with Crippen LogP contribution >= 0.6 is 0 Å². The van der Waals surface area contributed by atoms with Crippen molar-refractivity contribution < 1.29 is 28.8 Å².